The maximum atomic E-state index is 12.9. The van der Waals surface area contributed by atoms with E-state index in [0.29, 0.717) is 13.1 Å². The normalized spacial score (nSPS) is 17.0. The molecular weight excluding hydrogens is 358 g/mol. The van der Waals surface area contributed by atoms with Crippen LogP contribution in [0.5, 0.6) is 0 Å². The minimum atomic E-state index is 0.140. The fraction of sp³-hybridized carbons (Fsp3) is 0.333. The van der Waals surface area contributed by atoms with Crippen LogP contribution in [0.1, 0.15) is 20.9 Å². The van der Waals surface area contributed by atoms with Crippen molar-refractivity contribution < 1.29 is 9.53 Å². The number of aromatic nitrogens is 1. The lowest BCUT2D eigenvalue weighted by Crippen LogP contribution is -2.36. The van der Waals surface area contributed by atoms with Crippen molar-refractivity contribution in [1.29, 1.82) is 0 Å². The number of hydrogen-bond acceptors (Lipinski definition) is 5. The molecule has 2 aliphatic rings. The van der Waals surface area contributed by atoms with Crippen molar-refractivity contribution in [1.82, 2.24) is 9.88 Å². The van der Waals surface area contributed by atoms with Gasteiger partial charge in [0.05, 0.1) is 28.4 Å². The van der Waals surface area contributed by atoms with Gasteiger partial charge in [-0.2, -0.15) is 0 Å². The number of morpholine rings is 1. The molecule has 2 aliphatic heterocycles. The van der Waals surface area contributed by atoms with Crippen LogP contribution in [0.15, 0.2) is 42.5 Å². The zero-order valence-electron chi connectivity index (χ0n) is 15.1. The molecular formula is C21H21N3O2S. The Morgan fingerprint density at radius 1 is 1.07 bits per heavy atom. The van der Waals surface area contributed by atoms with Crippen molar-refractivity contribution >= 4 is 33.1 Å². The largest absolute Gasteiger partial charge is 0.378 e. The van der Waals surface area contributed by atoms with Crippen LogP contribution in [-0.4, -0.2) is 48.6 Å². The van der Waals surface area contributed by atoms with E-state index in [4.69, 9.17) is 9.72 Å². The number of carbonyl (C=O) groups is 1. The molecule has 2 aromatic carbocycles. The van der Waals surface area contributed by atoms with Gasteiger partial charge in [-0.05, 0) is 24.3 Å². The molecule has 0 radical (unpaired) electrons. The highest BCUT2D eigenvalue weighted by molar-refractivity contribution is 7.18. The number of hydrogen-bond donors (Lipinski definition) is 0. The Kier molecular flexibility index (Phi) is 4.30. The van der Waals surface area contributed by atoms with Gasteiger partial charge in [0.15, 0.2) is 0 Å². The lowest BCUT2D eigenvalue weighted by Gasteiger charge is -2.30. The number of rotatable bonds is 4. The standard InChI is InChI=1S/C21H21N3O2S/c25-21-15-4-3-6-18(23-10-12-26-13-11-23)16(15)14-24(21)9-8-20-22-17-5-1-2-7-19(17)27-20/h1-7H,8-14H2. The van der Waals surface area contributed by atoms with Crippen LogP contribution in [0.25, 0.3) is 10.2 Å². The van der Waals surface area contributed by atoms with Crippen molar-refractivity contribution in [2.75, 3.05) is 37.7 Å². The third kappa shape index (κ3) is 3.09. The number of fused-ring (bicyclic) bond motifs is 2. The van der Waals surface area contributed by atoms with Crippen LogP contribution in [0.3, 0.4) is 0 Å². The summed E-state index contributed by atoms with van der Waals surface area (Å²) in [6, 6.07) is 14.3. The van der Waals surface area contributed by atoms with Crippen LogP contribution in [-0.2, 0) is 17.7 Å². The first-order valence-corrected chi connectivity index (χ1v) is 10.2. The Morgan fingerprint density at radius 3 is 2.78 bits per heavy atom. The molecule has 3 heterocycles. The Morgan fingerprint density at radius 2 is 1.93 bits per heavy atom. The fourth-order valence-electron chi connectivity index (χ4n) is 3.91. The molecule has 0 N–H and O–H groups in total. The van der Waals surface area contributed by atoms with Crippen molar-refractivity contribution in [3.05, 3.63) is 58.6 Å². The van der Waals surface area contributed by atoms with Gasteiger partial charge >= 0.3 is 0 Å². The lowest BCUT2D eigenvalue weighted by atomic mass is 10.1. The highest BCUT2D eigenvalue weighted by atomic mass is 32.1. The first-order chi connectivity index (χ1) is 13.3. The van der Waals surface area contributed by atoms with Crippen molar-refractivity contribution in [3.63, 3.8) is 0 Å². The molecule has 1 saturated heterocycles. The number of benzene rings is 2. The van der Waals surface area contributed by atoms with E-state index in [1.54, 1.807) is 11.3 Å². The molecule has 0 unspecified atom stereocenters. The minimum Gasteiger partial charge on any atom is -0.378 e. The molecule has 3 aromatic rings. The highest BCUT2D eigenvalue weighted by Crippen LogP contribution is 2.32. The third-order valence-electron chi connectivity index (χ3n) is 5.30. The average Bonchev–Trinajstić information content (AvgIpc) is 3.27. The molecule has 0 spiro atoms. The molecule has 138 valence electrons. The van der Waals surface area contributed by atoms with Crippen LogP contribution in [0, 0.1) is 0 Å². The van der Waals surface area contributed by atoms with Gasteiger partial charge < -0.3 is 14.5 Å². The maximum Gasteiger partial charge on any atom is 0.254 e. The first-order valence-electron chi connectivity index (χ1n) is 9.38. The van der Waals surface area contributed by atoms with Crippen molar-refractivity contribution in [2.24, 2.45) is 0 Å². The number of anilines is 1. The molecule has 0 saturated carbocycles. The Balaban J connectivity index is 1.33. The SMILES string of the molecule is O=C1c2cccc(N3CCOCC3)c2CN1CCc1nc2ccccc2s1. The predicted molar refractivity (Wildman–Crippen MR) is 108 cm³/mol. The summed E-state index contributed by atoms with van der Waals surface area (Å²) in [5.41, 5.74) is 4.24. The van der Waals surface area contributed by atoms with E-state index in [1.807, 2.05) is 35.2 Å². The molecule has 0 atom stereocenters. The first kappa shape index (κ1) is 16.7. The topological polar surface area (TPSA) is 45.7 Å². The summed E-state index contributed by atoms with van der Waals surface area (Å²) in [5, 5.41) is 1.09. The van der Waals surface area contributed by atoms with Crippen LogP contribution < -0.4 is 4.90 Å². The summed E-state index contributed by atoms with van der Waals surface area (Å²) < 4.78 is 6.68. The summed E-state index contributed by atoms with van der Waals surface area (Å²) in [7, 11) is 0. The number of para-hydroxylation sites is 1. The van der Waals surface area contributed by atoms with Gasteiger partial charge in [0.2, 0.25) is 0 Å². The van der Waals surface area contributed by atoms with Crippen LogP contribution in [0.2, 0.25) is 0 Å². The van der Waals surface area contributed by atoms with E-state index in [1.165, 1.54) is 10.4 Å². The van der Waals surface area contributed by atoms with Gasteiger partial charge in [0, 0.05) is 49.4 Å². The second-order valence-corrected chi connectivity index (χ2v) is 8.07. The molecule has 27 heavy (non-hydrogen) atoms. The third-order valence-corrected chi connectivity index (χ3v) is 6.40. The van der Waals surface area contributed by atoms with Gasteiger partial charge in [-0.25, -0.2) is 4.98 Å². The summed E-state index contributed by atoms with van der Waals surface area (Å²) >= 11 is 1.72. The maximum absolute atomic E-state index is 12.9. The summed E-state index contributed by atoms with van der Waals surface area (Å²) in [6.45, 7) is 4.66. The number of carbonyl (C=O) groups excluding carboxylic acids is 1. The number of amides is 1. The van der Waals surface area contributed by atoms with E-state index >= 15 is 0 Å². The minimum absolute atomic E-state index is 0.140. The zero-order valence-corrected chi connectivity index (χ0v) is 15.9. The summed E-state index contributed by atoms with van der Waals surface area (Å²) in [6.07, 6.45) is 0.798. The van der Waals surface area contributed by atoms with E-state index < -0.39 is 0 Å². The molecule has 1 fully saturated rings. The zero-order chi connectivity index (χ0) is 18.2. The predicted octanol–water partition coefficient (Wildman–Crippen LogP) is 3.33. The number of thiazole rings is 1. The Hall–Kier alpha value is -2.44. The average molecular weight is 379 g/mol. The van der Waals surface area contributed by atoms with E-state index in [2.05, 4.69) is 17.0 Å². The van der Waals surface area contributed by atoms with Crippen LogP contribution in [0.4, 0.5) is 5.69 Å². The van der Waals surface area contributed by atoms with E-state index in [-0.39, 0.29) is 5.91 Å². The summed E-state index contributed by atoms with van der Waals surface area (Å²) in [4.78, 5) is 21.9. The van der Waals surface area contributed by atoms with Crippen LogP contribution >= 0.6 is 11.3 Å². The lowest BCUT2D eigenvalue weighted by molar-refractivity contribution is 0.0780. The number of nitrogens with zero attached hydrogens (tertiary/aromatic N) is 3. The van der Waals surface area contributed by atoms with E-state index in [0.717, 1.165) is 54.4 Å². The van der Waals surface area contributed by atoms with Crippen molar-refractivity contribution in [2.45, 2.75) is 13.0 Å². The van der Waals surface area contributed by atoms with E-state index in [9.17, 15) is 4.79 Å². The molecule has 5 nitrogen and oxygen atoms in total. The smallest absolute Gasteiger partial charge is 0.254 e. The Bertz CT molecular complexity index is 961. The molecule has 1 amide bonds. The highest BCUT2D eigenvalue weighted by Gasteiger charge is 2.30. The summed E-state index contributed by atoms with van der Waals surface area (Å²) in [5.74, 6) is 0.140. The second-order valence-electron chi connectivity index (χ2n) is 6.95. The number of ether oxygens (including phenoxy) is 1. The quantitative estimate of drug-likeness (QED) is 0.698. The molecule has 5 rings (SSSR count). The fourth-order valence-corrected chi connectivity index (χ4v) is 4.87. The molecule has 0 bridgehead atoms. The monoisotopic (exact) mass is 379 g/mol. The van der Waals surface area contributed by atoms with Gasteiger partial charge in [-0.3, -0.25) is 4.79 Å². The van der Waals surface area contributed by atoms with Gasteiger partial charge in [-0.15, -0.1) is 11.3 Å². The van der Waals surface area contributed by atoms with Gasteiger partial charge in [-0.1, -0.05) is 18.2 Å². The second kappa shape index (κ2) is 6.94. The molecule has 1 aromatic heterocycles. The van der Waals surface area contributed by atoms with Gasteiger partial charge in [0.25, 0.3) is 5.91 Å². The Labute approximate surface area is 162 Å². The molecule has 6 heteroatoms. The van der Waals surface area contributed by atoms with Crippen molar-refractivity contribution in [3.8, 4) is 0 Å². The van der Waals surface area contributed by atoms with Gasteiger partial charge in [0.1, 0.15) is 0 Å². The molecule has 0 aliphatic carbocycles.